The molecule has 7 nitrogen and oxygen atoms in total. The molecule has 0 radical (unpaired) electrons. The van der Waals surface area contributed by atoms with Crippen LogP contribution in [0.3, 0.4) is 0 Å². The van der Waals surface area contributed by atoms with Gasteiger partial charge in [0.15, 0.2) is 0 Å². The van der Waals surface area contributed by atoms with Crippen LogP contribution in [0.2, 0.25) is 0 Å². The van der Waals surface area contributed by atoms with Crippen molar-refractivity contribution in [1.29, 1.82) is 0 Å². The van der Waals surface area contributed by atoms with Crippen LogP contribution < -0.4 is 10.6 Å². The van der Waals surface area contributed by atoms with Crippen molar-refractivity contribution in [3.05, 3.63) is 35.4 Å². The number of nitrogens with zero attached hydrogens (tertiary/aromatic N) is 2. The number of benzene rings is 1. The smallest absolute Gasteiger partial charge is 0.254 e. The molecule has 1 aliphatic heterocycles. The molecule has 160 valence electrons. The van der Waals surface area contributed by atoms with E-state index in [2.05, 4.69) is 10.6 Å². The summed E-state index contributed by atoms with van der Waals surface area (Å²) in [5, 5.41) is 5.38. The molecule has 3 amide bonds. The molecule has 0 aromatic heterocycles. The van der Waals surface area contributed by atoms with E-state index in [1.54, 1.807) is 4.90 Å². The minimum absolute atomic E-state index is 0.0153. The molecule has 0 saturated carbocycles. The van der Waals surface area contributed by atoms with Crippen molar-refractivity contribution < 1.29 is 23.2 Å². The maximum atomic E-state index is 13.6. The van der Waals surface area contributed by atoms with Crippen molar-refractivity contribution in [1.82, 2.24) is 20.4 Å². The van der Waals surface area contributed by atoms with Crippen LogP contribution in [-0.4, -0.2) is 72.8 Å². The summed E-state index contributed by atoms with van der Waals surface area (Å²) in [6.45, 7) is 6.75. The highest BCUT2D eigenvalue weighted by molar-refractivity contribution is 5.94. The van der Waals surface area contributed by atoms with E-state index in [1.807, 2.05) is 18.7 Å². The molecular formula is C20H28F2N4O3. The normalized spacial score (nSPS) is 14.7. The number of carbonyl (C=O) groups is 3. The van der Waals surface area contributed by atoms with E-state index in [1.165, 1.54) is 0 Å². The molecule has 2 rings (SSSR count). The van der Waals surface area contributed by atoms with Crippen molar-refractivity contribution >= 4 is 17.7 Å². The van der Waals surface area contributed by atoms with E-state index in [0.717, 1.165) is 12.1 Å². The van der Waals surface area contributed by atoms with Crippen LogP contribution in [-0.2, 0) is 9.59 Å². The van der Waals surface area contributed by atoms with E-state index in [9.17, 15) is 23.2 Å². The zero-order chi connectivity index (χ0) is 21.4. The molecule has 0 bridgehead atoms. The molecule has 1 saturated heterocycles. The van der Waals surface area contributed by atoms with Gasteiger partial charge < -0.3 is 15.5 Å². The fourth-order valence-electron chi connectivity index (χ4n) is 3.09. The Morgan fingerprint density at radius 3 is 2.41 bits per heavy atom. The summed E-state index contributed by atoms with van der Waals surface area (Å²) in [7, 11) is 0. The van der Waals surface area contributed by atoms with Gasteiger partial charge in [0, 0.05) is 51.3 Å². The number of hydrogen-bond acceptors (Lipinski definition) is 4. The molecule has 0 atom stereocenters. The van der Waals surface area contributed by atoms with E-state index >= 15 is 0 Å². The van der Waals surface area contributed by atoms with Gasteiger partial charge in [-0.3, -0.25) is 19.3 Å². The second-order valence-corrected chi connectivity index (χ2v) is 7.36. The van der Waals surface area contributed by atoms with Gasteiger partial charge in [-0.2, -0.15) is 0 Å². The second-order valence-electron chi connectivity index (χ2n) is 7.36. The molecule has 1 aromatic carbocycles. The van der Waals surface area contributed by atoms with E-state index in [0.29, 0.717) is 45.2 Å². The molecule has 1 heterocycles. The highest BCUT2D eigenvalue weighted by atomic mass is 19.1. The van der Waals surface area contributed by atoms with Crippen LogP contribution in [0.25, 0.3) is 0 Å². The van der Waals surface area contributed by atoms with Gasteiger partial charge in [0.25, 0.3) is 5.91 Å². The van der Waals surface area contributed by atoms with Gasteiger partial charge >= 0.3 is 0 Å². The Kier molecular flexibility index (Phi) is 8.50. The zero-order valence-corrected chi connectivity index (χ0v) is 16.8. The van der Waals surface area contributed by atoms with Gasteiger partial charge in [-0.15, -0.1) is 0 Å². The first kappa shape index (κ1) is 22.7. The number of hydrogen-bond donors (Lipinski definition) is 2. The largest absolute Gasteiger partial charge is 0.353 e. The Morgan fingerprint density at radius 1 is 1.10 bits per heavy atom. The molecule has 0 aliphatic carbocycles. The minimum Gasteiger partial charge on any atom is -0.353 e. The first-order valence-electron chi connectivity index (χ1n) is 9.79. The standard InChI is InChI=1S/C20H28F2N4O3/c1-14(2)24-18(27)13-25-8-10-26(11-9-25)19(28)4-3-7-23-20(29)16-6-5-15(21)12-17(16)22/h5-6,12,14H,3-4,7-11,13H2,1-2H3,(H,23,29)(H,24,27). The lowest BCUT2D eigenvalue weighted by atomic mass is 10.2. The molecule has 9 heteroatoms. The molecule has 0 unspecified atom stereocenters. The summed E-state index contributed by atoms with van der Waals surface area (Å²) >= 11 is 0. The monoisotopic (exact) mass is 410 g/mol. The minimum atomic E-state index is -0.918. The number of piperazine rings is 1. The third-order valence-electron chi connectivity index (χ3n) is 4.57. The van der Waals surface area contributed by atoms with Crippen molar-refractivity contribution in [2.75, 3.05) is 39.3 Å². The van der Waals surface area contributed by atoms with Crippen molar-refractivity contribution in [3.8, 4) is 0 Å². The molecular weight excluding hydrogens is 382 g/mol. The summed E-state index contributed by atoms with van der Waals surface area (Å²) in [5.74, 6) is -2.33. The summed E-state index contributed by atoms with van der Waals surface area (Å²) in [4.78, 5) is 39.8. The molecule has 29 heavy (non-hydrogen) atoms. The van der Waals surface area contributed by atoms with Gasteiger partial charge in [0.05, 0.1) is 12.1 Å². The molecule has 1 aliphatic rings. The van der Waals surface area contributed by atoms with Crippen molar-refractivity contribution in [2.45, 2.75) is 32.7 Å². The number of nitrogens with one attached hydrogen (secondary N) is 2. The quantitative estimate of drug-likeness (QED) is 0.630. The zero-order valence-electron chi connectivity index (χ0n) is 16.8. The number of amides is 3. The average molecular weight is 410 g/mol. The highest BCUT2D eigenvalue weighted by Crippen LogP contribution is 2.09. The number of halogens is 2. The summed E-state index contributed by atoms with van der Waals surface area (Å²) in [6.07, 6.45) is 0.685. The van der Waals surface area contributed by atoms with E-state index < -0.39 is 17.5 Å². The predicted octanol–water partition coefficient (Wildman–Crippen LogP) is 1.14. The third kappa shape index (κ3) is 7.41. The summed E-state index contributed by atoms with van der Waals surface area (Å²) < 4.78 is 26.4. The Hall–Kier alpha value is -2.55. The number of rotatable bonds is 8. The molecule has 1 fully saturated rings. The lowest BCUT2D eigenvalue weighted by Crippen LogP contribution is -2.51. The Bertz CT molecular complexity index is 734. The molecule has 0 spiro atoms. The lowest BCUT2D eigenvalue weighted by Gasteiger charge is -2.34. The maximum absolute atomic E-state index is 13.6. The fraction of sp³-hybridized carbons (Fsp3) is 0.550. The van der Waals surface area contributed by atoms with Crippen LogP contribution in [0.4, 0.5) is 8.78 Å². The fourth-order valence-corrected chi connectivity index (χ4v) is 3.09. The second kappa shape index (κ2) is 10.8. The summed E-state index contributed by atoms with van der Waals surface area (Å²) in [6, 6.07) is 2.87. The molecule has 2 N–H and O–H groups in total. The first-order valence-corrected chi connectivity index (χ1v) is 9.79. The maximum Gasteiger partial charge on any atom is 0.254 e. The van der Waals surface area contributed by atoms with Crippen LogP contribution in [0.1, 0.15) is 37.0 Å². The van der Waals surface area contributed by atoms with Gasteiger partial charge in [-0.05, 0) is 32.4 Å². The Labute approximate surface area is 169 Å². The number of carbonyl (C=O) groups excluding carboxylic acids is 3. The first-order chi connectivity index (χ1) is 13.8. The lowest BCUT2D eigenvalue weighted by molar-refractivity contribution is -0.133. The Morgan fingerprint density at radius 2 is 1.79 bits per heavy atom. The van der Waals surface area contributed by atoms with Gasteiger partial charge in [0.1, 0.15) is 11.6 Å². The third-order valence-corrected chi connectivity index (χ3v) is 4.57. The van der Waals surface area contributed by atoms with Crippen LogP contribution >= 0.6 is 0 Å². The SMILES string of the molecule is CC(C)NC(=O)CN1CCN(C(=O)CCCNC(=O)c2ccc(F)cc2F)CC1. The molecule has 1 aromatic rings. The van der Waals surface area contributed by atoms with Gasteiger partial charge in [-0.1, -0.05) is 0 Å². The van der Waals surface area contributed by atoms with Crippen LogP contribution in [0, 0.1) is 11.6 Å². The van der Waals surface area contributed by atoms with Gasteiger partial charge in [0.2, 0.25) is 11.8 Å². The predicted molar refractivity (Wildman–Crippen MR) is 104 cm³/mol. The van der Waals surface area contributed by atoms with Crippen LogP contribution in [0.5, 0.6) is 0 Å². The topological polar surface area (TPSA) is 81.8 Å². The Balaban J connectivity index is 1.65. The van der Waals surface area contributed by atoms with Crippen LogP contribution in [0.15, 0.2) is 18.2 Å². The van der Waals surface area contributed by atoms with Crippen molar-refractivity contribution in [3.63, 3.8) is 0 Å². The summed E-state index contributed by atoms with van der Waals surface area (Å²) in [5.41, 5.74) is -0.227. The average Bonchev–Trinajstić information content (AvgIpc) is 2.64. The van der Waals surface area contributed by atoms with E-state index in [4.69, 9.17) is 0 Å². The van der Waals surface area contributed by atoms with Crippen molar-refractivity contribution in [2.24, 2.45) is 0 Å². The van der Waals surface area contributed by atoms with E-state index in [-0.39, 0.29) is 36.4 Å². The highest BCUT2D eigenvalue weighted by Gasteiger charge is 2.22. The van der Waals surface area contributed by atoms with Gasteiger partial charge in [-0.25, -0.2) is 8.78 Å².